The maximum atomic E-state index is 14.3. The highest BCUT2D eigenvalue weighted by Gasteiger charge is 2.75. The lowest BCUT2D eigenvalue weighted by Crippen LogP contribution is -2.58. The first-order valence-corrected chi connectivity index (χ1v) is 13.4. The highest BCUT2D eigenvalue weighted by atomic mass is 35.5. The molecule has 198 valence electrons. The lowest BCUT2D eigenvalue weighted by Gasteiger charge is -2.40. The third kappa shape index (κ3) is 4.10. The Morgan fingerprint density at radius 1 is 1.08 bits per heavy atom. The van der Waals surface area contributed by atoms with E-state index >= 15 is 0 Å². The van der Waals surface area contributed by atoms with Crippen LogP contribution < -0.4 is 4.90 Å². The van der Waals surface area contributed by atoms with Gasteiger partial charge >= 0.3 is 5.97 Å². The minimum Gasteiger partial charge on any atom is -0.465 e. The number of fused-ring (bicyclic) bond motifs is 2. The summed E-state index contributed by atoms with van der Waals surface area (Å²) >= 11 is 6.08. The molecule has 5 rings (SSSR count). The van der Waals surface area contributed by atoms with E-state index in [2.05, 4.69) is 0 Å². The van der Waals surface area contributed by atoms with Gasteiger partial charge < -0.3 is 24.4 Å². The van der Waals surface area contributed by atoms with E-state index in [9.17, 15) is 19.5 Å². The van der Waals surface area contributed by atoms with E-state index in [4.69, 9.17) is 21.1 Å². The van der Waals surface area contributed by atoms with Crippen LogP contribution in [0.5, 0.6) is 0 Å². The molecular formula is C28H33ClN2O6. The molecule has 1 unspecified atom stereocenters. The molecule has 9 heteroatoms. The van der Waals surface area contributed by atoms with Gasteiger partial charge in [-0.1, -0.05) is 42.8 Å². The van der Waals surface area contributed by atoms with Gasteiger partial charge in [0.25, 0.3) is 5.91 Å². The number of cyclic esters (lactones) is 1. The van der Waals surface area contributed by atoms with Crippen molar-refractivity contribution in [2.45, 2.75) is 62.8 Å². The number of carbonyl (C=O) groups is 3. The van der Waals surface area contributed by atoms with Crippen LogP contribution in [0.15, 0.2) is 48.6 Å². The highest BCUT2D eigenvalue weighted by Crippen LogP contribution is 2.57. The Morgan fingerprint density at radius 2 is 1.84 bits per heavy atom. The lowest BCUT2D eigenvalue weighted by atomic mass is 9.74. The number of nitrogens with zero attached hydrogens (tertiary/aromatic N) is 2. The van der Waals surface area contributed by atoms with Crippen molar-refractivity contribution in [3.05, 3.63) is 53.6 Å². The van der Waals surface area contributed by atoms with Crippen LogP contribution in [0.4, 0.5) is 5.69 Å². The molecule has 4 aliphatic heterocycles. The van der Waals surface area contributed by atoms with Crippen molar-refractivity contribution in [2.24, 2.45) is 11.8 Å². The number of aliphatic hydroxyl groups excluding tert-OH is 1. The van der Waals surface area contributed by atoms with Crippen LogP contribution in [0, 0.1) is 11.8 Å². The van der Waals surface area contributed by atoms with Crippen LogP contribution in [0.2, 0.25) is 5.02 Å². The fraction of sp³-hybridized carbons (Fsp3) is 0.536. The smallest absolute Gasteiger partial charge is 0.313 e. The Kier molecular flexibility index (Phi) is 6.94. The predicted octanol–water partition coefficient (Wildman–Crippen LogP) is 3.27. The van der Waals surface area contributed by atoms with Gasteiger partial charge in [0.05, 0.1) is 30.8 Å². The average Bonchev–Trinajstić information content (AvgIpc) is 3.21. The third-order valence-corrected chi connectivity index (χ3v) is 8.40. The number of anilines is 1. The number of aliphatic hydroxyl groups is 1. The van der Waals surface area contributed by atoms with Crippen LogP contribution in [0.3, 0.4) is 0 Å². The second-order valence-electron chi connectivity index (χ2n) is 10.4. The first-order valence-electron chi connectivity index (χ1n) is 13.0. The predicted molar refractivity (Wildman–Crippen MR) is 138 cm³/mol. The Balaban J connectivity index is 1.67. The molecule has 0 radical (unpaired) electrons. The van der Waals surface area contributed by atoms with E-state index < -0.39 is 41.1 Å². The van der Waals surface area contributed by atoms with Crippen molar-refractivity contribution in [2.75, 3.05) is 24.7 Å². The van der Waals surface area contributed by atoms with Crippen LogP contribution in [-0.4, -0.2) is 70.8 Å². The zero-order chi connectivity index (χ0) is 26.4. The van der Waals surface area contributed by atoms with Crippen molar-refractivity contribution >= 4 is 35.1 Å². The summed E-state index contributed by atoms with van der Waals surface area (Å²) in [4.78, 5) is 45.1. The van der Waals surface area contributed by atoms with Crippen molar-refractivity contribution < 1.29 is 29.0 Å². The first kappa shape index (κ1) is 25.9. The van der Waals surface area contributed by atoms with Crippen molar-refractivity contribution in [1.29, 1.82) is 0 Å². The molecule has 2 amide bonds. The molecule has 4 aliphatic rings. The van der Waals surface area contributed by atoms with Gasteiger partial charge in [0, 0.05) is 17.3 Å². The van der Waals surface area contributed by atoms with E-state index in [0.29, 0.717) is 17.1 Å². The second-order valence-corrected chi connectivity index (χ2v) is 10.8. The van der Waals surface area contributed by atoms with Crippen LogP contribution in [0.25, 0.3) is 0 Å². The normalized spacial score (nSPS) is 35.4. The molecule has 0 aliphatic carbocycles. The van der Waals surface area contributed by atoms with E-state index in [-0.39, 0.29) is 31.6 Å². The van der Waals surface area contributed by atoms with Gasteiger partial charge in [-0.2, -0.15) is 0 Å². The number of carbonyl (C=O) groups excluding carboxylic acids is 3. The second kappa shape index (κ2) is 9.89. The number of allylic oxidation sites excluding steroid dienone is 1. The summed E-state index contributed by atoms with van der Waals surface area (Å²) < 4.78 is 12.4. The van der Waals surface area contributed by atoms with E-state index in [0.717, 1.165) is 19.3 Å². The minimum absolute atomic E-state index is 0.258. The number of likely N-dealkylation sites (tertiary alicyclic amines) is 1. The van der Waals surface area contributed by atoms with Crippen molar-refractivity contribution in [1.82, 2.24) is 4.90 Å². The zero-order valence-corrected chi connectivity index (χ0v) is 21.9. The molecule has 1 aromatic rings. The maximum Gasteiger partial charge on any atom is 0.313 e. The molecule has 1 spiro atoms. The number of rotatable bonds is 4. The zero-order valence-electron chi connectivity index (χ0n) is 21.1. The number of benzene rings is 1. The van der Waals surface area contributed by atoms with Gasteiger partial charge in [-0.25, -0.2) is 0 Å². The molecule has 0 bridgehead atoms. The quantitative estimate of drug-likeness (QED) is 0.476. The molecule has 4 heterocycles. The molecule has 2 fully saturated rings. The Hall–Kier alpha value is -2.68. The Bertz CT molecular complexity index is 1130. The maximum absolute atomic E-state index is 14.3. The average molecular weight is 529 g/mol. The van der Waals surface area contributed by atoms with Gasteiger partial charge in [-0.05, 0) is 56.9 Å². The third-order valence-electron chi connectivity index (χ3n) is 8.15. The first-order chi connectivity index (χ1) is 17.8. The number of amides is 2. The minimum atomic E-state index is -1.39. The molecule has 8 nitrogen and oxygen atoms in total. The number of ether oxygens (including phenoxy) is 2. The molecule has 0 saturated carbocycles. The van der Waals surface area contributed by atoms with Gasteiger partial charge in [-0.3, -0.25) is 14.4 Å². The van der Waals surface area contributed by atoms with Crippen LogP contribution in [0.1, 0.15) is 39.5 Å². The molecule has 2 saturated heterocycles. The Morgan fingerprint density at radius 3 is 2.54 bits per heavy atom. The lowest BCUT2D eigenvalue weighted by molar-refractivity contribution is -0.160. The largest absolute Gasteiger partial charge is 0.465 e. The van der Waals surface area contributed by atoms with Crippen LogP contribution >= 0.6 is 11.6 Å². The Labute approximate surface area is 221 Å². The summed E-state index contributed by atoms with van der Waals surface area (Å²) in [7, 11) is 0. The van der Waals surface area contributed by atoms with Gasteiger partial charge in [-0.15, -0.1) is 0 Å². The summed E-state index contributed by atoms with van der Waals surface area (Å²) in [5, 5.41) is 10.8. The fourth-order valence-electron chi connectivity index (χ4n) is 6.40. The molecule has 0 aromatic heterocycles. The summed E-state index contributed by atoms with van der Waals surface area (Å²) in [6.07, 6.45) is 10.3. The fourth-order valence-corrected chi connectivity index (χ4v) is 6.52. The monoisotopic (exact) mass is 528 g/mol. The summed E-state index contributed by atoms with van der Waals surface area (Å²) in [5.41, 5.74) is -1.90. The number of hydrogen-bond donors (Lipinski definition) is 1. The van der Waals surface area contributed by atoms with Crippen molar-refractivity contribution in [3.63, 3.8) is 0 Å². The van der Waals surface area contributed by atoms with Crippen LogP contribution in [-0.2, 0) is 23.9 Å². The SMILES string of the molecule is CC[C@@H](CO)N1C(=O)[C@@H]2[C@H]3C(=O)OCCCC/C=C\[C@@]3(C)O[C@@]23C=CCN(c2ccc(Cl)cc2)C(=O)C13. The molecule has 1 N–H and O–H groups in total. The van der Waals surface area contributed by atoms with E-state index in [1.165, 1.54) is 4.90 Å². The molecule has 6 atom stereocenters. The highest BCUT2D eigenvalue weighted by molar-refractivity contribution is 6.30. The summed E-state index contributed by atoms with van der Waals surface area (Å²) in [6, 6.07) is 5.26. The summed E-state index contributed by atoms with van der Waals surface area (Å²) in [5.74, 6) is -3.11. The summed E-state index contributed by atoms with van der Waals surface area (Å²) in [6.45, 7) is 3.87. The van der Waals surface area contributed by atoms with E-state index in [1.807, 2.05) is 25.2 Å². The number of hydrogen-bond acceptors (Lipinski definition) is 6. The van der Waals surface area contributed by atoms with Crippen molar-refractivity contribution in [3.8, 4) is 0 Å². The standard InChI is InChI=1S/C28H33ClN2O6/c1-3-19(17-32)31-23-25(34)30(20-11-9-18(29)10-12-20)15-8-14-28(23)21(24(31)33)22-26(35)36-16-7-5-4-6-13-27(22,2)37-28/h6,8-14,19,21-23,32H,3-5,7,15-17H2,1-2H3/b13-6-/t19-,21-,22-,23?,27+,28-/m0/s1. The molecule has 37 heavy (non-hydrogen) atoms. The number of halogens is 1. The molecular weight excluding hydrogens is 496 g/mol. The molecule has 1 aromatic carbocycles. The number of esters is 1. The van der Waals surface area contributed by atoms with Gasteiger partial charge in [0.1, 0.15) is 17.6 Å². The van der Waals surface area contributed by atoms with Gasteiger partial charge in [0.2, 0.25) is 5.91 Å². The van der Waals surface area contributed by atoms with E-state index in [1.54, 1.807) is 42.2 Å². The topological polar surface area (TPSA) is 96.4 Å². The van der Waals surface area contributed by atoms with Gasteiger partial charge in [0.15, 0.2) is 0 Å².